The molecule has 0 fully saturated rings. The fourth-order valence-electron chi connectivity index (χ4n) is 1.67. The van der Waals surface area contributed by atoms with Crippen LogP contribution in [0.2, 0.25) is 0 Å². The van der Waals surface area contributed by atoms with Gasteiger partial charge >= 0.3 is 0 Å². The Kier molecular flexibility index (Phi) is 2.68. The van der Waals surface area contributed by atoms with E-state index in [1.165, 1.54) is 16.9 Å². The summed E-state index contributed by atoms with van der Waals surface area (Å²) in [6.45, 7) is 6.57. The second kappa shape index (κ2) is 3.87. The summed E-state index contributed by atoms with van der Waals surface area (Å²) in [7, 11) is 0. The Morgan fingerprint density at radius 2 is 1.81 bits per heavy atom. The molecule has 1 aromatic carbocycles. The molecule has 84 valence electrons. The third-order valence-corrected chi connectivity index (χ3v) is 3.19. The van der Waals surface area contributed by atoms with Gasteiger partial charge in [0, 0.05) is 5.56 Å². The van der Waals surface area contributed by atoms with Gasteiger partial charge < -0.3 is 5.73 Å². The predicted octanol–water partition coefficient (Wildman–Crippen LogP) is 3.08. The van der Waals surface area contributed by atoms with Crippen LogP contribution in [0.3, 0.4) is 0 Å². The maximum absolute atomic E-state index is 5.62. The molecule has 0 unspecified atom stereocenters. The monoisotopic (exact) mass is 233 g/mol. The summed E-state index contributed by atoms with van der Waals surface area (Å²) in [6, 6.07) is 8.27. The maximum Gasteiger partial charge on any atom is 0.203 e. The second-order valence-corrected chi connectivity index (χ2v) is 5.75. The Balaban J connectivity index is 2.57. The van der Waals surface area contributed by atoms with Crippen LogP contribution in [0.15, 0.2) is 24.3 Å². The molecule has 16 heavy (non-hydrogen) atoms. The Bertz CT molecular complexity index is 497. The number of anilines is 1. The van der Waals surface area contributed by atoms with E-state index in [1.807, 2.05) is 6.07 Å². The normalized spacial score (nSPS) is 11.7. The Hall–Kier alpha value is -1.42. The van der Waals surface area contributed by atoms with E-state index in [1.54, 1.807) is 0 Å². The largest absolute Gasteiger partial charge is 0.374 e. The van der Waals surface area contributed by atoms with E-state index in [4.69, 9.17) is 5.73 Å². The Labute approximate surface area is 99.3 Å². The van der Waals surface area contributed by atoms with Gasteiger partial charge in [0.25, 0.3) is 0 Å². The summed E-state index contributed by atoms with van der Waals surface area (Å²) in [4.78, 5) is 0. The van der Waals surface area contributed by atoms with Crippen LogP contribution in [-0.2, 0) is 5.41 Å². The molecule has 2 rings (SSSR count). The number of nitrogen functional groups attached to an aromatic ring is 1. The number of hydrogen-bond acceptors (Lipinski definition) is 4. The fraction of sp³-hybridized carbons (Fsp3) is 0.333. The Morgan fingerprint density at radius 1 is 1.12 bits per heavy atom. The highest BCUT2D eigenvalue weighted by atomic mass is 32.1. The minimum absolute atomic E-state index is 0.0943. The van der Waals surface area contributed by atoms with E-state index >= 15 is 0 Å². The highest BCUT2D eigenvalue weighted by molar-refractivity contribution is 7.18. The highest BCUT2D eigenvalue weighted by Gasteiger charge is 2.19. The molecule has 0 atom stereocenters. The lowest BCUT2D eigenvalue weighted by molar-refractivity contribution is 0.592. The molecule has 0 amide bonds. The molecule has 0 aliphatic carbocycles. The summed E-state index contributed by atoms with van der Waals surface area (Å²) in [5.41, 5.74) is 8.11. The van der Waals surface area contributed by atoms with Gasteiger partial charge in [0.05, 0.1) is 0 Å². The lowest BCUT2D eigenvalue weighted by atomic mass is 9.84. The van der Waals surface area contributed by atoms with Crippen molar-refractivity contribution in [1.29, 1.82) is 0 Å². The molecule has 0 saturated heterocycles. The molecule has 1 heterocycles. The molecule has 2 aromatic rings. The van der Waals surface area contributed by atoms with Crippen LogP contribution in [0.4, 0.5) is 5.13 Å². The third kappa shape index (κ3) is 2.07. The van der Waals surface area contributed by atoms with E-state index in [0.29, 0.717) is 5.13 Å². The second-order valence-electron chi connectivity index (χ2n) is 4.74. The van der Waals surface area contributed by atoms with Crippen molar-refractivity contribution in [2.75, 3.05) is 5.73 Å². The molecule has 0 aliphatic heterocycles. The molecule has 3 nitrogen and oxygen atoms in total. The van der Waals surface area contributed by atoms with Gasteiger partial charge in [-0.2, -0.15) is 0 Å². The van der Waals surface area contributed by atoms with Crippen LogP contribution in [0, 0.1) is 0 Å². The van der Waals surface area contributed by atoms with E-state index in [0.717, 1.165) is 10.6 Å². The molecule has 0 saturated carbocycles. The van der Waals surface area contributed by atoms with Gasteiger partial charge in [-0.1, -0.05) is 56.4 Å². The summed E-state index contributed by atoms with van der Waals surface area (Å²) in [6.07, 6.45) is 0. The molecule has 4 heteroatoms. The SMILES string of the molecule is CC(C)(C)c1ccccc1-c1nnc(N)s1. The number of nitrogens with zero attached hydrogens (tertiary/aromatic N) is 2. The summed E-state index contributed by atoms with van der Waals surface area (Å²) in [5, 5.41) is 9.37. The van der Waals surface area contributed by atoms with Crippen LogP contribution >= 0.6 is 11.3 Å². The van der Waals surface area contributed by atoms with Gasteiger partial charge in [-0.3, -0.25) is 0 Å². The summed E-state index contributed by atoms with van der Waals surface area (Å²) < 4.78 is 0. The molecule has 0 radical (unpaired) electrons. The van der Waals surface area contributed by atoms with E-state index < -0.39 is 0 Å². The fourth-order valence-corrected chi connectivity index (χ4v) is 2.32. The third-order valence-electron chi connectivity index (χ3n) is 2.41. The van der Waals surface area contributed by atoms with Gasteiger partial charge in [0.15, 0.2) is 0 Å². The average molecular weight is 233 g/mol. The van der Waals surface area contributed by atoms with Crippen molar-refractivity contribution in [3.8, 4) is 10.6 Å². The number of nitrogens with two attached hydrogens (primary N) is 1. The van der Waals surface area contributed by atoms with E-state index in [2.05, 4.69) is 49.2 Å². The van der Waals surface area contributed by atoms with Crippen molar-refractivity contribution < 1.29 is 0 Å². The van der Waals surface area contributed by atoms with Crippen molar-refractivity contribution in [2.24, 2.45) is 0 Å². The van der Waals surface area contributed by atoms with Crippen LogP contribution in [0.1, 0.15) is 26.3 Å². The van der Waals surface area contributed by atoms with Crippen molar-refractivity contribution in [1.82, 2.24) is 10.2 Å². The maximum atomic E-state index is 5.62. The van der Waals surface area contributed by atoms with E-state index in [9.17, 15) is 0 Å². The summed E-state index contributed by atoms with van der Waals surface area (Å²) in [5.74, 6) is 0. The first-order valence-electron chi connectivity index (χ1n) is 5.17. The zero-order valence-electron chi connectivity index (χ0n) is 9.69. The minimum atomic E-state index is 0.0943. The number of aromatic nitrogens is 2. The van der Waals surface area contributed by atoms with Crippen molar-refractivity contribution >= 4 is 16.5 Å². The van der Waals surface area contributed by atoms with Gasteiger partial charge in [-0.25, -0.2) is 0 Å². The molecule has 2 N–H and O–H groups in total. The molecular formula is C12H15N3S. The van der Waals surface area contributed by atoms with Crippen molar-refractivity contribution in [3.63, 3.8) is 0 Å². The van der Waals surface area contributed by atoms with Gasteiger partial charge in [-0.05, 0) is 11.0 Å². The molecule has 1 aromatic heterocycles. The van der Waals surface area contributed by atoms with Crippen molar-refractivity contribution in [3.05, 3.63) is 29.8 Å². The number of rotatable bonds is 1. The van der Waals surface area contributed by atoms with Crippen LogP contribution in [-0.4, -0.2) is 10.2 Å². The van der Waals surface area contributed by atoms with Crippen LogP contribution in [0.25, 0.3) is 10.6 Å². The minimum Gasteiger partial charge on any atom is -0.374 e. The quantitative estimate of drug-likeness (QED) is 0.823. The molecule has 0 aliphatic rings. The number of hydrogen-bond donors (Lipinski definition) is 1. The lowest BCUT2D eigenvalue weighted by Gasteiger charge is -2.21. The summed E-state index contributed by atoms with van der Waals surface area (Å²) >= 11 is 1.43. The standard InChI is InChI=1S/C12H15N3S/c1-12(2,3)9-7-5-4-6-8(9)10-14-15-11(13)16-10/h4-7H,1-3H3,(H2,13,15). The predicted molar refractivity (Wildman–Crippen MR) is 68.5 cm³/mol. The van der Waals surface area contributed by atoms with E-state index in [-0.39, 0.29) is 5.41 Å². The molecular weight excluding hydrogens is 218 g/mol. The van der Waals surface area contributed by atoms with Crippen molar-refractivity contribution in [2.45, 2.75) is 26.2 Å². The molecule has 0 spiro atoms. The van der Waals surface area contributed by atoms with Gasteiger partial charge in [0.2, 0.25) is 5.13 Å². The smallest absolute Gasteiger partial charge is 0.203 e. The number of benzene rings is 1. The first-order chi connectivity index (χ1) is 7.48. The Morgan fingerprint density at radius 3 is 2.38 bits per heavy atom. The highest BCUT2D eigenvalue weighted by Crippen LogP contribution is 2.34. The van der Waals surface area contributed by atoms with Crippen LogP contribution in [0.5, 0.6) is 0 Å². The first kappa shape index (κ1) is 11.1. The lowest BCUT2D eigenvalue weighted by Crippen LogP contribution is -2.12. The van der Waals surface area contributed by atoms with Gasteiger partial charge in [0.1, 0.15) is 5.01 Å². The average Bonchev–Trinajstić information content (AvgIpc) is 2.64. The van der Waals surface area contributed by atoms with Gasteiger partial charge in [-0.15, -0.1) is 10.2 Å². The topological polar surface area (TPSA) is 51.8 Å². The molecule has 0 bridgehead atoms. The van der Waals surface area contributed by atoms with Crippen LogP contribution < -0.4 is 5.73 Å². The zero-order valence-corrected chi connectivity index (χ0v) is 10.5. The zero-order chi connectivity index (χ0) is 11.8. The first-order valence-corrected chi connectivity index (χ1v) is 5.99.